The van der Waals surface area contributed by atoms with E-state index in [4.69, 9.17) is 4.42 Å². The van der Waals surface area contributed by atoms with Gasteiger partial charge in [-0.1, -0.05) is 6.07 Å². The van der Waals surface area contributed by atoms with Gasteiger partial charge in [0.2, 0.25) is 0 Å². The summed E-state index contributed by atoms with van der Waals surface area (Å²) < 4.78 is 5.28. The van der Waals surface area contributed by atoms with Gasteiger partial charge in [-0.3, -0.25) is 4.98 Å². The summed E-state index contributed by atoms with van der Waals surface area (Å²) in [7, 11) is 0. The average molecular weight is 170 g/mol. The van der Waals surface area contributed by atoms with E-state index >= 15 is 0 Å². The van der Waals surface area contributed by atoms with E-state index < -0.39 is 0 Å². The van der Waals surface area contributed by atoms with Gasteiger partial charge in [-0.2, -0.15) is 0 Å². The second-order valence-electron chi connectivity index (χ2n) is 2.86. The van der Waals surface area contributed by atoms with Crippen molar-refractivity contribution < 1.29 is 4.42 Å². The molecule has 1 aromatic carbocycles. The van der Waals surface area contributed by atoms with E-state index in [2.05, 4.69) is 9.97 Å². The summed E-state index contributed by atoms with van der Waals surface area (Å²) in [6.45, 7) is 0. The van der Waals surface area contributed by atoms with Crippen LogP contribution in [0.15, 0.2) is 41.4 Å². The number of nitrogens with zero attached hydrogens (tertiary/aromatic N) is 2. The van der Waals surface area contributed by atoms with Gasteiger partial charge in [-0.25, -0.2) is 4.98 Å². The summed E-state index contributed by atoms with van der Waals surface area (Å²) in [5.41, 5.74) is 1.69. The molecule has 2 aromatic heterocycles. The molecule has 0 atom stereocenters. The summed E-state index contributed by atoms with van der Waals surface area (Å²) in [5, 5.41) is 2.14. The third-order valence-electron chi connectivity index (χ3n) is 2.12. The first-order valence-corrected chi connectivity index (χ1v) is 4.01. The molecule has 3 heteroatoms. The minimum absolute atomic E-state index is 0.811. The number of hydrogen-bond acceptors (Lipinski definition) is 3. The minimum atomic E-state index is 0.811. The average Bonchev–Trinajstić information content (AvgIpc) is 2.65. The third-order valence-corrected chi connectivity index (χ3v) is 2.12. The lowest BCUT2D eigenvalue weighted by atomic mass is 10.1. The number of benzene rings is 1. The van der Waals surface area contributed by atoms with Crippen molar-refractivity contribution in [2.24, 2.45) is 0 Å². The lowest BCUT2D eigenvalue weighted by Gasteiger charge is -1.94. The van der Waals surface area contributed by atoms with Gasteiger partial charge >= 0.3 is 0 Å². The standard InChI is InChI=1S/C10H6N2O/c1-2-9-10(13-6-12-9)8-5-11-4-3-7(1)8/h1-6H. The van der Waals surface area contributed by atoms with Crippen LogP contribution in [0.3, 0.4) is 0 Å². The quantitative estimate of drug-likeness (QED) is 0.520. The zero-order chi connectivity index (χ0) is 8.67. The van der Waals surface area contributed by atoms with Crippen molar-refractivity contribution in [1.29, 1.82) is 0 Å². The Morgan fingerprint density at radius 3 is 3.15 bits per heavy atom. The van der Waals surface area contributed by atoms with Crippen LogP contribution in [-0.2, 0) is 0 Å². The van der Waals surface area contributed by atoms with Gasteiger partial charge in [0, 0.05) is 17.8 Å². The van der Waals surface area contributed by atoms with Crippen molar-refractivity contribution in [2.45, 2.75) is 0 Å². The first-order valence-electron chi connectivity index (χ1n) is 4.01. The third kappa shape index (κ3) is 0.839. The first kappa shape index (κ1) is 6.60. The van der Waals surface area contributed by atoms with E-state index in [9.17, 15) is 0 Å². The Labute approximate surface area is 74.0 Å². The van der Waals surface area contributed by atoms with Crippen LogP contribution in [0.1, 0.15) is 0 Å². The number of aromatic nitrogens is 2. The van der Waals surface area contributed by atoms with Crippen LogP contribution < -0.4 is 0 Å². The number of rotatable bonds is 0. The van der Waals surface area contributed by atoms with Gasteiger partial charge in [0.25, 0.3) is 0 Å². The highest BCUT2D eigenvalue weighted by Crippen LogP contribution is 2.22. The predicted molar refractivity (Wildman–Crippen MR) is 49.3 cm³/mol. The van der Waals surface area contributed by atoms with Gasteiger partial charge in [0.05, 0.1) is 0 Å². The Bertz CT molecular complexity index is 571. The predicted octanol–water partition coefficient (Wildman–Crippen LogP) is 2.38. The van der Waals surface area contributed by atoms with E-state index in [0.717, 1.165) is 21.9 Å². The Morgan fingerprint density at radius 1 is 1.15 bits per heavy atom. The molecule has 0 bridgehead atoms. The van der Waals surface area contributed by atoms with Crippen molar-refractivity contribution >= 4 is 21.9 Å². The monoisotopic (exact) mass is 170 g/mol. The molecule has 3 aromatic rings. The molecule has 0 saturated carbocycles. The van der Waals surface area contributed by atoms with Gasteiger partial charge in [0.15, 0.2) is 12.0 Å². The summed E-state index contributed by atoms with van der Waals surface area (Å²) in [5.74, 6) is 0. The Morgan fingerprint density at radius 2 is 2.15 bits per heavy atom. The zero-order valence-corrected chi connectivity index (χ0v) is 6.77. The summed E-state index contributed by atoms with van der Waals surface area (Å²) in [6, 6.07) is 5.92. The largest absolute Gasteiger partial charge is 0.443 e. The fraction of sp³-hybridized carbons (Fsp3) is 0. The fourth-order valence-corrected chi connectivity index (χ4v) is 1.48. The summed E-state index contributed by atoms with van der Waals surface area (Å²) in [4.78, 5) is 8.13. The van der Waals surface area contributed by atoms with Crippen LogP contribution in [0.5, 0.6) is 0 Å². The van der Waals surface area contributed by atoms with Crippen molar-refractivity contribution in [3.05, 3.63) is 37.0 Å². The van der Waals surface area contributed by atoms with Crippen LogP contribution in [0.4, 0.5) is 0 Å². The minimum Gasteiger partial charge on any atom is -0.443 e. The number of fused-ring (bicyclic) bond motifs is 3. The van der Waals surface area contributed by atoms with Crippen molar-refractivity contribution in [3.8, 4) is 0 Å². The molecular formula is C10H6N2O. The molecule has 0 amide bonds. The van der Waals surface area contributed by atoms with Crippen LogP contribution in [0.25, 0.3) is 21.9 Å². The van der Waals surface area contributed by atoms with Gasteiger partial charge in [-0.05, 0) is 17.5 Å². The molecule has 13 heavy (non-hydrogen) atoms. The Kier molecular flexibility index (Phi) is 1.16. The maximum Gasteiger partial charge on any atom is 0.182 e. The van der Waals surface area contributed by atoms with E-state index in [-0.39, 0.29) is 0 Å². The van der Waals surface area contributed by atoms with Gasteiger partial charge < -0.3 is 4.42 Å². The molecule has 0 radical (unpaired) electrons. The topological polar surface area (TPSA) is 38.9 Å². The van der Waals surface area contributed by atoms with E-state index in [0.29, 0.717) is 0 Å². The molecule has 3 rings (SSSR count). The first-order chi connectivity index (χ1) is 6.45. The highest BCUT2D eigenvalue weighted by Gasteiger charge is 2.02. The van der Waals surface area contributed by atoms with E-state index in [1.807, 2.05) is 18.2 Å². The molecule has 0 aliphatic rings. The maximum atomic E-state index is 5.28. The van der Waals surface area contributed by atoms with Crippen LogP contribution in [0, 0.1) is 0 Å². The van der Waals surface area contributed by atoms with Crippen molar-refractivity contribution in [3.63, 3.8) is 0 Å². The molecular weight excluding hydrogens is 164 g/mol. The second-order valence-corrected chi connectivity index (χ2v) is 2.86. The Balaban J connectivity index is 2.65. The van der Waals surface area contributed by atoms with E-state index in [1.165, 1.54) is 6.39 Å². The molecule has 0 spiro atoms. The fourth-order valence-electron chi connectivity index (χ4n) is 1.48. The number of oxazole rings is 1. The lowest BCUT2D eigenvalue weighted by Crippen LogP contribution is -1.75. The van der Waals surface area contributed by atoms with Gasteiger partial charge in [0.1, 0.15) is 5.52 Å². The van der Waals surface area contributed by atoms with Crippen LogP contribution in [-0.4, -0.2) is 9.97 Å². The Hall–Kier alpha value is -1.90. The molecule has 62 valence electrons. The van der Waals surface area contributed by atoms with E-state index in [1.54, 1.807) is 12.4 Å². The van der Waals surface area contributed by atoms with Crippen molar-refractivity contribution in [2.75, 3.05) is 0 Å². The summed E-state index contributed by atoms with van der Waals surface area (Å²) >= 11 is 0. The van der Waals surface area contributed by atoms with Crippen LogP contribution in [0.2, 0.25) is 0 Å². The lowest BCUT2D eigenvalue weighted by molar-refractivity contribution is 0.605. The molecule has 0 saturated heterocycles. The molecule has 2 heterocycles. The highest BCUT2D eigenvalue weighted by atomic mass is 16.3. The molecule has 0 N–H and O–H groups in total. The molecule has 0 fully saturated rings. The molecule has 3 nitrogen and oxygen atoms in total. The zero-order valence-electron chi connectivity index (χ0n) is 6.77. The van der Waals surface area contributed by atoms with Gasteiger partial charge in [-0.15, -0.1) is 0 Å². The molecule has 0 unspecified atom stereocenters. The second kappa shape index (κ2) is 2.29. The molecule has 0 aliphatic heterocycles. The van der Waals surface area contributed by atoms with Crippen molar-refractivity contribution in [1.82, 2.24) is 9.97 Å². The van der Waals surface area contributed by atoms with Crippen LogP contribution >= 0.6 is 0 Å². The SMILES string of the molecule is c1cc2ccc3ncoc3c2cn1. The smallest absolute Gasteiger partial charge is 0.182 e. The number of pyridine rings is 1. The number of hydrogen-bond donors (Lipinski definition) is 0. The maximum absolute atomic E-state index is 5.28. The normalized spacial score (nSPS) is 11.1. The highest BCUT2D eigenvalue weighted by molar-refractivity contribution is 6.02. The summed E-state index contributed by atoms with van der Waals surface area (Å²) in [6.07, 6.45) is 5.02. The molecule has 0 aliphatic carbocycles.